The standard InChI is InChI=1S/C16H23N7O2/c1-21(2)16(24)22-5-4-6-23-13(10-22)7-12(20-23)9-17-14-8-15(25-3)19-11-18-14/h7-8,11H,4-6,9-10H2,1-3H3,(H,17,18,19). The molecule has 1 N–H and O–H groups in total. The van der Waals surface area contributed by atoms with Crippen molar-refractivity contribution in [2.75, 3.05) is 33.1 Å². The van der Waals surface area contributed by atoms with E-state index in [-0.39, 0.29) is 6.03 Å². The molecule has 0 bridgehead atoms. The Kier molecular flexibility index (Phi) is 5.01. The lowest BCUT2D eigenvalue weighted by Gasteiger charge is -2.23. The number of rotatable bonds is 4. The molecular weight excluding hydrogens is 322 g/mol. The zero-order chi connectivity index (χ0) is 17.8. The Balaban J connectivity index is 1.67. The van der Waals surface area contributed by atoms with Crippen LogP contribution in [0.5, 0.6) is 5.88 Å². The number of aryl methyl sites for hydroxylation is 1. The summed E-state index contributed by atoms with van der Waals surface area (Å²) in [6.07, 6.45) is 2.35. The number of fused-ring (bicyclic) bond motifs is 1. The third kappa shape index (κ3) is 3.98. The van der Waals surface area contributed by atoms with Gasteiger partial charge in [-0.2, -0.15) is 5.10 Å². The molecule has 0 spiro atoms. The molecule has 3 heterocycles. The van der Waals surface area contributed by atoms with Gasteiger partial charge in [-0.15, -0.1) is 0 Å². The van der Waals surface area contributed by atoms with Crippen molar-refractivity contribution < 1.29 is 9.53 Å². The van der Waals surface area contributed by atoms with E-state index >= 15 is 0 Å². The number of carbonyl (C=O) groups is 1. The number of carbonyl (C=O) groups excluding carboxylic acids is 1. The van der Waals surface area contributed by atoms with Crippen molar-refractivity contribution in [3.8, 4) is 5.88 Å². The SMILES string of the molecule is COc1cc(NCc2cc3n(n2)CCCN(C(=O)N(C)C)C3)ncn1. The van der Waals surface area contributed by atoms with E-state index in [9.17, 15) is 4.79 Å². The second kappa shape index (κ2) is 7.37. The molecule has 2 amide bonds. The first kappa shape index (κ1) is 17.0. The number of aromatic nitrogens is 4. The minimum atomic E-state index is 0.0300. The first-order valence-electron chi connectivity index (χ1n) is 8.18. The quantitative estimate of drug-likeness (QED) is 0.895. The average Bonchev–Trinajstić information content (AvgIpc) is 2.89. The van der Waals surface area contributed by atoms with E-state index in [4.69, 9.17) is 4.74 Å². The zero-order valence-electron chi connectivity index (χ0n) is 14.8. The molecule has 0 atom stereocenters. The fourth-order valence-corrected chi connectivity index (χ4v) is 2.78. The number of hydrogen-bond acceptors (Lipinski definition) is 6. The molecule has 0 aliphatic carbocycles. The Labute approximate surface area is 146 Å². The number of amides is 2. The predicted octanol–water partition coefficient (Wildman–Crippen LogP) is 1.18. The van der Waals surface area contributed by atoms with Crippen molar-refractivity contribution in [3.63, 3.8) is 0 Å². The van der Waals surface area contributed by atoms with Crippen LogP contribution < -0.4 is 10.1 Å². The summed E-state index contributed by atoms with van der Waals surface area (Å²) in [6.45, 7) is 2.68. The number of hydrogen-bond donors (Lipinski definition) is 1. The maximum atomic E-state index is 12.2. The van der Waals surface area contributed by atoms with Gasteiger partial charge in [0.2, 0.25) is 5.88 Å². The monoisotopic (exact) mass is 345 g/mol. The lowest BCUT2D eigenvalue weighted by molar-refractivity contribution is 0.169. The summed E-state index contributed by atoms with van der Waals surface area (Å²) in [5.74, 6) is 1.19. The van der Waals surface area contributed by atoms with Crippen LogP contribution in [0.1, 0.15) is 17.8 Å². The minimum Gasteiger partial charge on any atom is -0.481 e. The molecule has 0 radical (unpaired) electrons. The Bertz CT molecular complexity index is 744. The second-order valence-corrected chi connectivity index (χ2v) is 6.10. The van der Waals surface area contributed by atoms with Crippen molar-refractivity contribution >= 4 is 11.8 Å². The molecule has 0 saturated heterocycles. The van der Waals surface area contributed by atoms with Gasteiger partial charge in [0.1, 0.15) is 12.1 Å². The largest absolute Gasteiger partial charge is 0.481 e. The van der Waals surface area contributed by atoms with E-state index in [0.29, 0.717) is 24.8 Å². The summed E-state index contributed by atoms with van der Waals surface area (Å²) in [5.41, 5.74) is 1.96. The lowest BCUT2D eigenvalue weighted by Crippen LogP contribution is -2.38. The third-order valence-electron chi connectivity index (χ3n) is 4.02. The molecule has 9 heteroatoms. The summed E-state index contributed by atoms with van der Waals surface area (Å²) in [6, 6.07) is 3.80. The molecular formula is C16H23N7O2. The van der Waals surface area contributed by atoms with Crippen LogP contribution in [0.2, 0.25) is 0 Å². The Morgan fingerprint density at radius 1 is 1.32 bits per heavy atom. The van der Waals surface area contributed by atoms with Gasteiger partial charge in [0.05, 0.1) is 31.6 Å². The minimum absolute atomic E-state index is 0.0300. The fraction of sp³-hybridized carbons (Fsp3) is 0.500. The molecule has 3 rings (SSSR count). The molecule has 0 unspecified atom stereocenters. The maximum Gasteiger partial charge on any atom is 0.319 e. The molecule has 9 nitrogen and oxygen atoms in total. The van der Waals surface area contributed by atoms with Crippen LogP contribution in [0.25, 0.3) is 0 Å². The van der Waals surface area contributed by atoms with Gasteiger partial charge >= 0.3 is 6.03 Å². The molecule has 2 aromatic rings. The molecule has 0 aromatic carbocycles. The normalized spacial score (nSPS) is 13.8. The Morgan fingerprint density at radius 2 is 2.16 bits per heavy atom. The van der Waals surface area contributed by atoms with Crippen LogP contribution in [-0.4, -0.2) is 63.3 Å². The Hall–Kier alpha value is -2.84. The second-order valence-electron chi connectivity index (χ2n) is 6.10. The smallest absolute Gasteiger partial charge is 0.319 e. The van der Waals surface area contributed by atoms with Crippen LogP contribution in [0.4, 0.5) is 10.6 Å². The van der Waals surface area contributed by atoms with Crippen LogP contribution in [-0.2, 0) is 19.6 Å². The molecule has 0 saturated carbocycles. The van der Waals surface area contributed by atoms with Crippen LogP contribution in [0.15, 0.2) is 18.5 Å². The predicted molar refractivity (Wildman–Crippen MR) is 92.2 cm³/mol. The molecule has 0 fully saturated rings. The summed E-state index contributed by atoms with van der Waals surface area (Å²) in [7, 11) is 5.12. The molecule has 1 aliphatic heterocycles. The summed E-state index contributed by atoms with van der Waals surface area (Å²) < 4.78 is 7.07. The highest BCUT2D eigenvalue weighted by Crippen LogP contribution is 2.16. The summed E-state index contributed by atoms with van der Waals surface area (Å²) >= 11 is 0. The van der Waals surface area contributed by atoms with Gasteiger partial charge < -0.3 is 19.9 Å². The molecule has 1 aliphatic rings. The fourth-order valence-electron chi connectivity index (χ4n) is 2.78. The van der Waals surface area contributed by atoms with Crippen molar-refractivity contribution in [1.29, 1.82) is 0 Å². The topological polar surface area (TPSA) is 88.4 Å². The first-order chi connectivity index (χ1) is 12.1. The first-order valence-corrected chi connectivity index (χ1v) is 8.18. The van der Waals surface area contributed by atoms with E-state index in [1.165, 1.54) is 6.33 Å². The van der Waals surface area contributed by atoms with E-state index in [1.54, 1.807) is 32.2 Å². The molecule has 134 valence electrons. The van der Waals surface area contributed by atoms with Gasteiger partial charge in [0.15, 0.2) is 0 Å². The van der Waals surface area contributed by atoms with E-state index in [0.717, 1.165) is 30.9 Å². The van der Waals surface area contributed by atoms with Gasteiger partial charge in [-0.3, -0.25) is 4.68 Å². The van der Waals surface area contributed by atoms with Crippen LogP contribution in [0.3, 0.4) is 0 Å². The van der Waals surface area contributed by atoms with Gasteiger partial charge in [0, 0.05) is 33.3 Å². The number of ether oxygens (including phenoxy) is 1. The van der Waals surface area contributed by atoms with Gasteiger partial charge in [-0.05, 0) is 12.5 Å². The van der Waals surface area contributed by atoms with Gasteiger partial charge in [-0.1, -0.05) is 0 Å². The number of anilines is 1. The molecule has 25 heavy (non-hydrogen) atoms. The lowest BCUT2D eigenvalue weighted by atomic mass is 10.3. The highest BCUT2D eigenvalue weighted by molar-refractivity contribution is 5.73. The van der Waals surface area contributed by atoms with Crippen molar-refractivity contribution in [1.82, 2.24) is 29.5 Å². The van der Waals surface area contributed by atoms with Crippen molar-refractivity contribution in [2.24, 2.45) is 0 Å². The zero-order valence-corrected chi connectivity index (χ0v) is 14.8. The summed E-state index contributed by atoms with van der Waals surface area (Å²) in [5, 5.41) is 7.85. The highest BCUT2D eigenvalue weighted by Gasteiger charge is 2.21. The highest BCUT2D eigenvalue weighted by atomic mass is 16.5. The van der Waals surface area contributed by atoms with Gasteiger partial charge in [0.25, 0.3) is 0 Å². The summed E-state index contributed by atoms with van der Waals surface area (Å²) in [4.78, 5) is 23.8. The number of urea groups is 1. The molecule has 2 aromatic heterocycles. The van der Waals surface area contributed by atoms with E-state index in [1.807, 2.05) is 15.6 Å². The van der Waals surface area contributed by atoms with Crippen molar-refractivity contribution in [3.05, 3.63) is 29.8 Å². The Morgan fingerprint density at radius 3 is 2.92 bits per heavy atom. The van der Waals surface area contributed by atoms with E-state index < -0.39 is 0 Å². The number of nitrogens with one attached hydrogen (secondary N) is 1. The number of methoxy groups -OCH3 is 1. The maximum absolute atomic E-state index is 12.2. The average molecular weight is 345 g/mol. The number of nitrogens with zero attached hydrogens (tertiary/aromatic N) is 6. The van der Waals surface area contributed by atoms with Crippen LogP contribution >= 0.6 is 0 Å². The van der Waals surface area contributed by atoms with Crippen molar-refractivity contribution in [2.45, 2.75) is 26.1 Å². The van der Waals surface area contributed by atoms with Gasteiger partial charge in [-0.25, -0.2) is 14.8 Å². The van der Waals surface area contributed by atoms with E-state index in [2.05, 4.69) is 20.4 Å². The third-order valence-corrected chi connectivity index (χ3v) is 4.02. The van der Waals surface area contributed by atoms with Crippen LogP contribution in [0, 0.1) is 0 Å².